The molecule has 2 aliphatic heterocycles. The van der Waals surface area contributed by atoms with Crippen LogP contribution in [0.15, 0.2) is 58.6 Å². The normalized spacial score (nSPS) is 20.4. The van der Waals surface area contributed by atoms with Gasteiger partial charge in [-0.2, -0.15) is 0 Å². The van der Waals surface area contributed by atoms with Crippen LogP contribution >= 0.6 is 15.9 Å². The summed E-state index contributed by atoms with van der Waals surface area (Å²) in [6.07, 6.45) is 1.62. The zero-order valence-electron chi connectivity index (χ0n) is 19.9. The van der Waals surface area contributed by atoms with Crippen LogP contribution in [0.2, 0.25) is 0 Å². The Kier molecular flexibility index (Phi) is 8.59. The molecule has 2 aromatic carbocycles. The van der Waals surface area contributed by atoms with Crippen LogP contribution in [-0.2, 0) is 14.3 Å². The summed E-state index contributed by atoms with van der Waals surface area (Å²) < 4.78 is 12.0. The van der Waals surface area contributed by atoms with Crippen LogP contribution in [0, 0.1) is 0 Å². The largest absolute Gasteiger partial charge is 0.507 e. The molecule has 0 radical (unpaired) electrons. The molecule has 8 heteroatoms. The Bertz CT molecular complexity index is 1060. The van der Waals surface area contributed by atoms with E-state index < -0.39 is 17.7 Å². The smallest absolute Gasteiger partial charge is 0.295 e. The van der Waals surface area contributed by atoms with Gasteiger partial charge in [-0.05, 0) is 42.7 Å². The van der Waals surface area contributed by atoms with Crippen molar-refractivity contribution in [3.8, 4) is 5.75 Å². The maximum absolute atomic E-state index is 13.2. The Labute approximate surface area is 214 Å². The number of morpholine rings is 1. The Morgan fingerprint density at radius 1 is 1.06 bits per heavy atom. The lowest BCUT2D eigenvalue weighted by Gasteiger charge is -2.29. The zero-order valence-corrected chi connectivity index (χ0v) is 21.5. The topological polar surface area (TPSA) is 79.3 Å². The molecule has 2 aliphatic rings. The Morgan fingerprint density at radius 2 is 1.74 bits per heavy atom. The molecule has 2 fully saturated rings. The highest BCUT2D eigenvalue weighted by Gasteiger charge is 2.45. The van der Waals surface area contributed by atoms with Crippen molar-refractivity contribution in [1.29, 1.82) is 0 Å². The lowest BCUT2D eigenvalue weighted by Crippen LogP contribution is -2.38. The molecule has 0 bridgehead atoms. The fraction of sp³-hybridized carbons (Fsp3) is 0.407. The molecule has 0 saturated carbocycles. The van der Waals surface area contributed by atoms with E-state index in [1.165, 1.54) is 0 Å². The first kappa shape index (κ1) is 25.4. The second-order valence-electron chi connectivity index (χ2n) is 8.72. The van der Waals surface area contributed by atoms with Crippen LogP contribution in [0.3, 0.4) is 0 Å². The van der Waals surface area contributed by atoms with Gasteiger partial charge in [0, 0.05) is 36.2 Å². The summed E-state index contributed by atoms with van der Waals surface area (Å²) in [5.41, 5.74) is 1.37. The van der Waals surface area contributed by atoms with Gasteiger partial charge in [0.25, 0.3) is 11.7 Å². The SMILES string of the molecule is CCCOc1ccc([C@@H]2C(=C(O)c3ccc(Br)cc3)C(=O)C(=O)N2CCCN2CCOCC2)cc1. The number of likely N-dealkylation sites (tertiary alicyclic amines) is 1. The number of benzene rings is 2. The highest BCUT2D eigenvalue weighted by molar-refractivity contribution is 9.10. The Hall–Kier alpha value is -2.68. The number of halogens is 1. The quantitative estimate of drug-likeness (QED) is 0.287. The van der Waals surface area contributed by atoms with Gasteiger partial charge in [0.1, 0.15) is 11.5 Å². The monoisotopic (exact) mass is 542 g/mol. The van der Waals surface area contributed by atoms with E-state index in [9.17, 15) is 14.7 Å². The Morgan fingerprint density at radius 3 is 2.40 bits per heavy atom. The number of ketones is 1. The predicted molar refractivity (Wildman–Crippen MR) is 137 cm³/mol. The number of carbonyl (C=O) groups is 2. The van der Waals surface area contributed by atoms with Crippen molar-refractivity contribution in [2.24, 2.45) is 0 Å². The van der Waals surface area contributed by atoms with Crippen LogP contribution in [0.4, 0.5) is 0 Å². The van der Waals surface area contributed by atoms with Gasteiger partial charge in [-0.25, -0.2) is 0 Å². The van der Waals surface area contributed by atoms with Crippen molar-refractivity contribution in [3.63, 3.8) is 0 Å². The van der Waals surface area contributed by atoms with Crippen LogP contribution in [0.1, 0.15) is 36.9 Å². The van der Waals surface area contributed by atoms with Gasteiger partial charge in [0.15, 0.2) is 0 Å². The van der Waals surface area contributed by atoms with Crippen LogP contribution < -0.4 is 4.74 Å². The maximum atomic E-state index is 13.2. The molecule has 0 unspecified atom stereocenters. The summed E-state index contributed by atoms with van der Waals surface area (Å²) in [5, 5.41) is 11.2. The molecule has 4 rings (SSSR count). The third-order valence-electron chi connectivity index (χ3n) is 6.30. The molecule has 0 aliphatic carbocycles. The number of Topliss-reactive ketones (excluding diaryl/α,β-unsaturated/α-hetero) is 1. The van der Waals surface area contributed by atoms with Gasteiger partial charge in [-0.3, -0.25) is 14.5 Å². The van der Waals surface area contributed by atoms with E-state index in [0.717, 1.165) is 48.3 Å². The van der Waals surface area contributed by atoms with Crippen molar-refractivity contribution < 1.29 is 24.2 Å². The van der Waals surface area contributed by atoms with Gasteiger partial charge in [0.05, 0.1) is 31.4 Å². The zero-order chi connectivity index (χ0) is 24.8. The lowest BCUT2D eigenvalue weighted by atomic mass is 9.95. The summed E-state index contributed by atoms with van der Waals surface area (Å²) in [7, 11) is 0. The molecule has 2 saturated heterocycles. The molecule has 0 aromatic heterocycles. The number of hydrogen-bond acceptors (Lipinski definition) is 6. The Balaban J connectivity index is 1.64. The minimum absolute atomic E-state index is 0.117. The fourth-order valence-electron chi connectivity index (χ4n) is 4.48. The average molecular weight is 543 g/mol. The van der Waals surface area contributed by atoms with E-state index in [0.29, 0.717) is 31.9 Å². The molecular formula is C27H31BrN2O5. The number of carbonyl (C=O) groups excluding carboxylic acids is 2. The van der Waals surface area contributed by atoms with Gasteiger partial charge < -0.3 is 19.5 Å². The maximum Gasteiger partial charge on any atom is 0.295 e. The average Bonchev–Trinajstić information content (AvgIpc) is 3.13. The van der Waals surface area contributed by atoms with E-state index in [1.807, 2.05) is 31.2 Å². The van der Waals surface area contributed by atoms with Crippen molar-refractivity contribution in [2.75, 3.05) is 46.0 Å². The highest BCUT2D eigenvalue weighted by Crippen LogP contribution is 2.40. The second-order valence-corrected chi connectivity index (χ2v) is 9.64. The summed E-state index contributed by atoms with van der Waals surface area (Å²) in [5.74, 6) is -0.675. The van der Waals surface area contributed by atoms with Crippen LogP contribution in [0.25, 0.3) is 5.76 Å². The molecule has 2 aromatic rings. The van der Waals surface area contributed by atoms with Crippen molar-refractivity contribution in [3.05, 3.63) is 69.7 Å². The van der Waals surface area contributed by atoms with E-state index in [1.54, 1.807) is 29.2 Å². The first-order chi connectivity index (χ1) is 17.0. The van der Waals surface area contributed by atoms with E-state index in [-0.39, 0.29) is 11.3 Å². The van der Waals surface area contributed by atoms with Gasteiger partial charge in [0.2, 0.25) is 0 Å². The second kappa shape index (κ2) is 11.8. The fourth-order valence-corrected chi connectivity index (χ4v) is 4.74. The summed E-state index contributed by atoms with van der Waals surface area (Å²) in [4.78, 5) is 30.2. The number of nitrogens with zero attached hydrogens (tertiary/aromatic N) is 2. The molecule has 0 spiro atoms. The van der Waals surface area contributed by atoms with Gasteiger partial charge >= 0.3 is 0 Å². The molecule has 186 valence electrons. The highest BCUT2D eigenvalue weighted by atomic mass is 79.9. The number of aliphatic hydroxyl groups is 1. The number of ether oxygens (including phenoxy) is 2. The van der Waals surface area contributed by atoms with Gasteiger partial charge in [-0.1, -0.05) is 47.1 Å². The first-order valence-corrected chi connectivity index (χ1v) is 12.9. The minimum atomic E-state index is -0.663. The minimum Gasteiger partial charge on any atom is -0.507 e. The third-order valence-corrected chi connectivity index (χ3v) is 6.83. The molecule has 1 atom stereocenters. The predicted octanol–water partition coefficient (Wildman–Crippen LogP) is 4.38. The summed E-state index contributed by atoms with van der Waals surface area (Å²) in [6.45, 7) is 7.04. The molecule has 7 nitrogen and oxygen atoms in total. The molecule has 1 amide bonds. The summed E-state index contributed by atoms with van der Waals surface area (Å²) >= 11 is 3.39. The number of amides is 1. The molecular weight excluding hydrogens is 512 g/mol. The van der Waals surface area contributed by atoms with E-state index in [2.05, 4.69) is 20.8 Å². The molecule has 2 heterocycles. The molecule has 1 N–H and O–H groups in total. The van der Waals surface area contributed by atoms with Crippen molar-refractivity contribution >= 4 is 33.4 Å². The number of rotatable bonds is 9. The molecule has 35 heavy (non-hydrogen) atoms. The van der Waals surface area contributed by atoms with Crippen LogP contribution in [0.5, 0.6) is 5.75 Å². The van der Waals surface area contributed by atoms with Crippen molar-refractivity contribution in [2.45, 2.75) is 25.8 Å². The van der Waals surface area contributed by atoms with Gasteiger partial charge in [-0.15, -0.1) is 0 Å². The van der Waals surface area contributed by atoms with E-state index in [4.69, 9.17) is 9.47 Å². The first-order valence-electron chi connectivity index (χ1n) is 12.1. The van der Waals surface area contributed by atoms with Crippen molar-refractivity contribution in [1.82, 2.24) is 9.80 Å². The van der Waals surface area contributed by atoms with E-state index >= 15 is 0 Å². The summed E-state index contributed by atoms with van der Waals surface area (Å²) in [6, 6.07) is 13.8. The lowest BCUT2D eigenvalue weighted by molar-refractivity contribution is -0.140. The number of aliphatic hydroxyl groups excluding tert-OH is 1. The standard InChI is InChI=1S/C27H31BrN2O5/c1-2-16-35-22-10-6-19(7-11-22)24-23(25(31)20-4-8-21(28)9-5-20)26(32)27(33)30(24)13-3-12-29-14-17-34-18-15-29/h4-11,24,31H,2-3,12-18H2,1H3/t24-/m1/s1. The number of hydrogen-bond donors (Lipinski definition) is 1. The van der Waals surface area contributed by atoms with Crippen LogP contribution in [-0.4, -0.2) is 72.6 Å². The third kappa shape index (κ3) is 5.94.